The molecule has 228 valence electrons. The van der Waals surface area contributed by atoms with Crippen molar-refractivity contribution in [3.05, 3.63) is 143 Å². The molecule has 3 aromatic carbocycles. The number of amides is 1. The number of anilines is 1. The second-order valence-corrected chi connectivity index (χ2v) is 10.8. The van der Waals surface area contributed by atoms with Crippen LogP contribution < -0.4 is 26.5 Å². The monoisotopic (exact) mass is 603 g/mol. The topological polar surface area (TPSA) is 118 Å². The van der Waals surface area contributed by atoms with Gasteiger partial charge >= 0.3 is 0 Å². The summed E-state index contributed by atoms with van der Waals surface area (Å²) in [5.41, 5.74) is 15.0. The Morgan fingerprint density at radius 3 is 2.38 bits per heavy atom. The number of fused-ring (bicyclic) bond motifs is 1. The van der Waals surface area contributed by atoms with Crippen molar-refractivity contribution in [3.63, 3.8) is 0 Å². The third-order valence-corrected chi connectivity index (χ3v) is 7.61. The maximum atomic E-state index is 15.5. The van der Waals surface area contributed by atoms with Crippen molar-refractivity contribution >= 4 is 23.0 Å². The van der Waals surface area contributed by atoms with Crippen molar-refractivity contribution in [1.29, 1.82) is 0 Å². The van der Waals surface area contributed by atoms with Gasteiger partial charge in [0.15, 0.2) is 11.6 Å². The second-order valence-electron chi connectivity index (χ2n) is 10.8. The van der Waals surface area contributed by atoms with Crippen LogP contribution in [0.25, 0.3) is 5.65 Å². The third-order valence-electron chi connectivity index (χ3n) is 7.61. The first-order chi connectivity index (χ1) is 22.0. The third kappa shape index (κ3) is 6.96. The first-order valence-corrected chi connectivity index (χ1v) is 14.7. The van der Waals surface area contributed by atoms with Crippen molar-refractivity contribution in [1.82, 2.24) is 20.0 Å². The number of halogens is 1. The highest BCUT2D eigenvalue weighted by Crippen LogP contribution is 2.39. The number of ether oxygens (including phenoxy) is 1. The number of aromatic nitrogens is 2. The summed E-state index contributed by atoms with van der Waals surface area (Å²) in [5, 5.41) is 10.4. The smallest absolute Gasteiger partial charge is 0.268 e. The number of methoxy groups -OCH3 is 1. The standard InChI is InChI=1S/C35H34FN7O2/c1-45-31-16-15-30(41-42-34(24-8-4-2-5-9-24)25-10-6-3-7-11-25)28(33(31)36)19-39-35(44)29(37)20-38-18-27-22-43-21-26(23-12-13-23)14-17-32(43)40-27/h2-11,14-17,20-23,38,41H,12-13,18-19,37H2,1H3,(H,39,44)/b29-20-. The molecule has 6 rings (SSSR count). The quantitative estimate of drug-likeness (QED) is 0.0859. The van der Waals surface area contributed by atoms with Crippen molar-refractivity contribution in [2.45, 2.75) is 31.8 Å². The lowest BCUT2D eigenvalue weighted by atomic mass is 10.0. The van der Waals surface area contributed by atoms with Crippen LogP contribution in [0, 0.1) is 5.82 Å². The second kappa shape index (κ2) is 13.3. The minimum Gasteiger partial charge on any atom is -0.494 e. The van der Waals surface area contributed by atoms with E-state index in [2.05, 4.69) is 38.4 Å². The molecule has 45 heavy (non-hydrogen) atoms. The molecular weight excluding hydrogens is 569 g/mol. The number of carbonyl (C=O) groups excluding carboxylic acids is 1. The molecule has 10 heteroatoms. The predicted molar refractivity (Wildman–Crippen MR) is 173 cm³/mol. The van der Waals surface area contributed by atoms with Crippen LogP contribution in [0.5, 0.6) is 5.75 Å². The lowest BCUT2D eigenvalue weighted by Gasteiger charge is -2.15. The van der Waals surface area contributed by atoms with E-state index in [1.54, 1.807) is 6.07 Å². The Kier molecular flexibility index (Phi) is 8.72. The number of benzene rings is 3. The number of imidazole rings is 1. The maximum Gasteiger partial charge on any atom is 0.268 e. The zero-order valence-electron chi connectivity index (χ0n) is 24.8. The molecule has 1 saturated carbocycles. The Morgan fingerprint density at radius 2 is 1.71 bits per heavy atom. The average molecular weight is 604 g/mol. The van der Waals surface area contributed by atoms with Gasteiger partial charge in [0.25, 0.3) is 5.91 Å². The fourth-order valence-electron chi connectivity index (χ4n) is 5.05. The zero-order chi connectivity index (χ0) is 31.2. The van der Waals surface area contributed by atoms with Crippen LogP contribution in [0.1, 0.15) is 46.7 Å². The predicted octanol–water partition coefficient (Wildman–Crippen LogP) is 5.43. The zero-order valence-corrected chi connectivity index (χ0v) is 24.8. The number of pyridine rings is 1. The van der Waals surface area contributed by atoms with E-state index < -0.39 is 11.7 Å². The van der Waals surface area contributed by atoms with E-state index in [0.29, 0.717) is 23.9 Å². The molecule has 1 aliphatic rings. The highest BCUT2D eigenvalue weighted by molar-refractivity contribution is 6.13. The van der Waals surface area contributed by atoms with Crippen LogP contribution in [0.4, 0.5) is 10.1 Å². The number of nitrogens with two attached hydrogens (primary N) is 1. The van der Waals surface area contributed by atoms with E-state index in [9.17, 15) is 4.79 Å². The molecule has 0 bridgehead atoms. The summed E-state index contributed by atoms with van der Waals surface area (Å²) in [6.07, 6.45) is 7.98. The Labute approximate surface area is 260 Å². The van der Waals surface area contributed by atoms with Crippen molar-refractivity contribution in [2.24, 2.45) is 10.8 Å². The van der Waals surface area contributed by atoms with Gasteiger partial charge in [0, 0.05) is 41.8 Å². The molecule has 2 heterocycles. The Balaban J connectivity index is 1.14. The number of hydrogen-bond donors (Lipinski definition) is 4. The SMILES string of the molecule is COc1ccc(NN=C(c2ccccc2)c2ccccc2)c(CNC(=O)/C(N)=C/NCc2cn3cc(C4CC4)ccc3n2)c1F. The lowest BCUT2D eigenvalue weighted by molar-refractivity contribution is -0.117. The van der Waals surface area contributed by atoms with Crippen LogP contribution in [0.2, 0.25) is 0 Å². The van der Waals surface area contributed by atoms with Gasteiger partial charge < -0.3 is 25.5 Å². The molecule has 1 aliphatic carbocycles. The molecular formula is C35H34FN7O2. The highest BCUT2D eigenvalue weighted by Gasteiger charge is 2.23. The lowest BCUT2D eigenvalue weighted by Crippen LogP contribution is -2.30. The first kappa shape index (κ1) is 29.4. The Bertz CT molecular complexity index is 1820. The van der Waals surface area contributed by atoms with Gasteiger partial charge in [-0.1, -0.05) is 66.7 Å². The number of hydrogen-bond acceptors (Lipinski definition) is 7. The van der Waals surface area contributed by atoms with Gasteiger partial charge in [-0.05, 0) is 42.5 Å². The van der Waals surface area contributed by atoms with Crippen LogP contribution >= 0.6 is 0 Å². The number of nitrogens with zero attached hydrogens (tertiary/aromatic N) is 3. The average Bonchev–Trinajstić information content (AvgIpc) is 3.84. The minimum absolute atomic E-state index is 0.0435. The van der Waals surface area contributed by atoms with Gasteiger partial charge in [0.2, 0.25) is 0 Å². The summed E-state index contributed by atoms with van der Waals surface area (Å²) < 4.78 is 22.7. The number of hydrazone groups is 1. The van der Waals surface area contributed by atoms with E-state index in [1.165, 1.54) is 37.8 Å². The molecule has 0 radical (unpaired) electrons. The van der Waals surface area contributed by atoms with E-state index >= 15 is 4.39 Å². The molecule has 0 spiro atoms. The summed E-state index contributed by atoms with van der Waals surface area (Å²) in [6.45, 7) is 0.228. The molecule has 2 aromatic heterocycles. The fraction of sp³-hybridized carbons (Fsp3) is 0.171. The van der Waals surface area contributed by atoms with Gasteiger partial charge in [-0.2, -0.15) is 5.10 Å². The van der Waals surface area contributed by atoms with E-state index in [1.807, 2.05) is 77.3 Å². The van der Waals surface area contributed by atoms with Crippen molar-refractivity contribution in [3.8, 4) is 5.75 Å². The highest BCUT2D eigenvalue weighted by atomic mass is 19.1. The maximum absolute atomic E-state index is 15.5. The minimum atomic E-state index is -0.615. The Morgan fingerprint density at radius 1 is 1.00 bits per heavy atom. The normalized spacial score (nSPS) is 12.9. The van der Waals surface area contributed by atoms with E-state index in [0.717, 1.165) is 22.5 Å². The van der Waals surface area contributed by atoms with Gasteiger partial charge in [-0.25, -0.2) is 9.37 Å². The number of rotatable bonds is 12. The van der Waals surface area contributed by atoms with Gasteiger partial charge in [0.1, 0.15) is 11.3 Å². The number of nitrogens with one attached hydrogen (secondary N) is 3. The molecule has 0 aliphatic heterocycles. The fourth-order valence-corrected chi connectivity index (χ4v) is 5.05. The molecule has 0 saturated heterocycles. The van der Waals surface area contributed by atoms with Gasteiger partial charge in [-0.3, -0.25) is 10.2 Å². The van der Waals surface area contributed by atoms with Crippen molar-refractivity contribution in [2.75, 3.05) is 12.5 Å². The summed E-state index contributed by atoms with van der Waals surface area (Å²) >= 11 is 0. The summed E-state index contributed by atoms with van der Waals surface area (Å²) in [7, 11) is 1.39. The van der Waals surface area contributed by atoms with Crippen LogP contribution in [0.3, 0.4) is 0 Å². The molecule has 5 N–H and O–H groups in total. The van der Waals surface area contributed by atoms with E-state index in [4.69, 9.17) is 10.5 Å². The summed E-state index contributed by atoms with van der Waals surface area (Å²) in [5.74, 6) is -0.471. The summed E-state index contributed by atoms with van der Waals surface area (Å²) in [6, 6.07) is 26.7. The van der Waals surface area contributed by atoms with E-state index in [-0.39, 0.29) is 23.6 Å². The van der Waals surface area contributed by atoms with Crippen LogP contribution in [-0.2, 0) is 17.9 Å². The molecule has 1 amide bonds. The number of carbonyl (C=O) groups is 1. The van der Waals surface area contributed by atoms with Crippen LogP contribution in [0.15, 0.2) is 114 Å². The van der Waals surface area contributed by atoms with Crippen molar-refractivity contribution < 1.29 is 13.9 Å². The van der Waals surface area contributed by atoms with Gasteiger partial charge in [-0.15, -0.1) is 0 Å². The molecule has 0 atom stereocenters. The first-order valence-electron chi connectivity index (χ1n) is 14.7. The summed E-state index contributed by atoms with van der Waals surface area (Å²) in [4.78, 5) is 17.5. The Hall–Kier alpha value is -5.64. The molecule has 5 aromatic rings. The largest absolute Gasteiger partial charge is 0.494 e. The van der Waals surface area contributed by atoms with Gasteiger partial charge in [0.05, 0.1) is 30.7 Å². The molecule has 9 nitrogen and oxygen atoms in total. The molecule has 1 fully saturated rings. The molecule has 0 unspecified atom stereocenters. The van der Waals surface area contributed by atoms with Crippen LogP contribution in [-0.4, -0.2) is 28.1 Å².